The Morgan fingerprint density at radius 1 is 1.15 bits per heavy atom. The van der Waals surface area contributed by atoms with Crippen LogP contribution in [-0.4, -0.2) is 16.7 Å². The fraction of sp³-hybridized carbons (Fsp3) is 0.375. The van der Waals surface area contributed by atoms with Gasteiger partial charge in [0.2, 0.25) is 0 Å². The zero-order valence-electron chi connectivity index (χ0n) is 12.4. The highest BCUT2D eigenvalue weighted by Gasteiger charge is 2.17. The van der Waals surface area contributed by atoms with Crippen LogP contribution in [0.25, 0.3) is 0 Å². The van der Waals surface area contributed by atoms with Crippen LogP contribution in [-0.2, 0) is 0 Å². The molecule has 1 aromatic carbocycles. The molecule has 3 nitrogen and oxygen atoms in total. The van der Waals surface area contributed by atoms with Crippen molar-refractivity contribution in [2.24, 2.45) is 0 Å². The van der Waals surface area contributed by atoms with E-state index in [1.165, 1.54) is 6.07 Å². The molecule has 1 heterocycles. The van der Waals surface area contributed by atoms with Crippen LogP contribution >= 0.6 is 0 Å². The van der Waals surface area contributed by atoms with Gasteiger partial charge in [-0.1, -0.05) is 19.1 Å². The third-order valence-electron chi connectivity index (χ3n) is 3.37. The van der Waals surface area contributed by atoms with Gasteiger partial charge in [-0.15, -0.1) is 0 Å². The lowest BCUT2D eigenvalue weighted by Gasteiger charge is -2.21. The zero-order valence-corrected chi connectivity index (χ0v) is 12.4. The van der Waals surface area contributed by atoms with Crippen molar-refractivity contribution in [1.29, 1.82) is 0 Å². The Labute approximate surface area is 119 Å². The maximum atomic E-state index is 13.5. The van der Waals surface area contributed by atoms with E-state index in [0.717, 1.165) is 29.1 Å². The van der Waals surface area contributed by atoms with Gasteiger partial charge < -0.3 is 5.32 Å². The van der Waals surface area contributed by atoms with Crippen LogP contribution in [0.2, 0.25) is 0 Å². The number of rotatable bonds is 4. The highest BCUT2D eigenvalue weighted by atomic mass is 19.1. The van der Waals surface area contributed by atoms with Crippen LogP contribution in [0.4, 0.5) is 4.39 Å². The Hall–Kier alpha value is -1.81. The van der Waals surface area contributed by atoms with E-state index in [2.05, 4.69) is 22.4 Å². The topological polar surface area (TPSA) is 37.8 Å². The second kappa shape index (κ2) is 6.09. The van der Waals surface area contributed by atoms with E-state index in [4.69, 9.17) is 0 Å². The summed E-state index contributed by atoms with van der Waals surface area (Å²) in [6.07, 6.45) is 0. The van der Waals surface area contributed by atoms with Gasteiger partial charge in [-0.2, -0.15) is 10.2 Å². The minimum atomic E-state index is -0.176. The Balaban J connectivity index is 2.49. The number of nitrogens with zero attached hydrogens (tertiary/aromatic N) is 2. The number of aromatic nitrogens is 2. The summed E-state index contributed by atoms with van der Waals surface area (Å²) in [4.78, 5) is 0. The maximum absolute atomic E-state index is 13.5. The summed E-state index contributed by atoms with van der Waals surface area (Å²) in [5.74, 6) is -0.176. The number of hydrogen-bond acceptors (Lipinski definition) is 3. The zero-order chi connectivity index (χ0) is 14.7. The molecule has 1 atom stereocenters. The van der Waals surface area contributed by atoms with Crippen LogP contribution in [0, 0.1) is 26.6 Å². The Bertz CT molecular complexity index is 611. The Kier molecular flexibility index (Phi) is 4.45. The number of hydrogen-bond donors (Lipinski definition) is 1. The van der Waals surface area contributed by atoms with Gasteiger partial charge in [0, 0.05) is 0 Å². The van der Waals surface area contributed by atoms with Crippen molar-refractivity contribution < 1.29 is 4.39 Å². The minimum Gasteiger partial charge on any atom is -0.306 e. The summed E-state index contributed by atoms with van der Waals surface area (Å²) in [5.41, 5.74) is 4.56. The van der Waals surface area contributed by atoms with Crippen molar-refractivity contribution in [3.63, 3.8) is 0 Å². The van der Waals surface area contributed by atoms with E-state index in [-0.39, 0.29) is 11.9 Å². The molecule has 0 fully saturated rings. The highest BCUT2D eigenvalue weighted by Crippen LogP contribution is 2.25. The second-order valence-corrected chi connectivity index (χ2v) is 5.03. The molecule has 20 heavy (non-hydrogen) atoms. The van der Waals surface area contributed by atoms with E-state index in [1.807, 2.05) is 32.0 Å². The lowest BCUT2D eigenvalue weighted by atomic mass is 9.96. The molecule has 4 heteroatoms. The Morgan fingerprint density at radius 2 is 1.90 bits per heavy atom. The van der Waals surface area contributed by atoms with Crippen molar-refractivity contribution in [3.05, 3.63) is 58.2 Å². The first kappa shape index (κ1) is 14.6. The molecule has 2 rings (SSSR count). The van der Waals surface area contributed by atoms with Crippen LogP contribution in [0.3, 0.4) is 0 Å². The molecule has 0 aliphatic heterocycles. The standard InChI is InChI=1S/C16H20FN3/c1-5-18-16(13-6-7-15(17)10(2)8-13)14-9-11(3)19-20-12(14)4/h6-9,16,18H,5H2,1-4H3. The van der Waals surface area contributed by atoms with Gasteiger partial charge >= 0.3 is 0 Å². The number of aryl methyl sites for hydroxylation is 3. The molecule has 1 aromatic heterocycles. The van der Waals surface area contributed by atoms with Crippen molar-refractivity contribution in [2.45, 2.75) is 33.7 Å². The molecule has 1 unspecified atom stereocenters. The van der Waals surface area contributed by atoms with E-state index in [1.54, 1.807) is 6.92 Å². The molecule has 0 aliphatic rings. The maximum Gasteiger partial charge on any atom is 0.126 e. The predicted octanol–water partition coefficient (Wildman–Crippen LogP) is 3.24. The lowest BCUT2D eigenvalue weighted by Crippen LogP contribution is -2.23. The van der Waals surface area contributed by atoms with E-state index >= 15 is 0 Å². The number of nitrogens with one attached hydrogen (secondary N) is 1. The molecule has 0 saturated heterocycles. The molecule has 0 amide bonds. The van der Waals surface area contributed by atoms with E-state index < -0.39 is 0 Å². The highest BCUT2D eigenvalue weighted by molar-refractivity contribution is 5.36. The monoisotopic (exact) mass is 273 g/mol. The molecule has 2 aromatic rings. The van der Waals surface area contributed by atoms with Gasteiger partial charge in [-0.25, -0.2) is 4.39 Å². The fourth-order valence-corrected chi connectivity index (χ4v) is 2.32. The number of benzene rings is 1. The quantitative estimate of drug-likeness (QED) is 0.929. The third kappa shape index (κ3) is 3.02. The van der Waals surface area contributed by atoms with Gasteiger partial charge in [0.1, 0.15) is 5.82 Å². The molecule has 0 aliphatic carbocycles. The first-order chi connectivity index (χ1) is 9.52. The number of halogens is 1. The molecule has 1 N–H and O–H groups in total. The van der Waals surface area contributed by atoms with Gasteiger partial charge in [-0.05, 0) is 56.1 Å². The van der Waals surface area contributed by atoms with Crippen LogP contribution in [0.15, 0.2) is 24.3 Å². The van der Waals surface area contributed by atoms with Gasteiger partial charge in [0.25, 0.3) is 0 Å². The van der Waals surface area contributed by atoms with Crippen LogP contribution in [0.5, 0.6) is 0 Å². The van der Waals surface area contributed by atoms with Gasteiger partial charge in [0.15, 0.2) is 0 Å². The van der Waals surface area contributed by atoms with Crippen molar-refractivity contribution in [2.75, 3.05) is 6.54 Å². The van der Waals surface area contributed by atoms with E-state index in [9.17, 15) is 4.39 Å². The summed E-state index contributed by atoms with van der Waals surface area (Å²) in [7, 11) is 0. The second-order valence-electron chi connectivity index (χ2n) is 5.03. The van der Waals surface area contributed by atoms with Crippen molar-refractivity contribution >= 4 is 0 Å². The largest absolute Gasteiger partial charge is 0.306 e. The lowest BCUT2D eigenvalue weighted by molar-refractivity contribution is 0.602. The molecule has 0 spiro atoms. The van der Waals surface area contributed by atoms with E-state index in [0.29, 0.717) is 5.56 Å². The first-order valence-electron chi connectivity index (χ1n) is 6.83. The normalized spacial score (nSPS) is 12.4. The molecular weight excluding hydrogens is 253 g/mol. The van der Waals surface area contributed by atoms with Crippen LogP contribution in [0.1, 0.15) is 41.0 Å². The average molecular weight is 273 g/mol. The van der Waals surface area contributed by atoms with Crippen molar-refractivity contribution in [1.82, 2.24) is 15.5 Å². The molecule has 0 radical (unpaired) electrons. The smallest absolute Gasteiger partial charge is 0.126 e. The first-order valence-corrected chi connectivity index (χ1v) is 6.83. The summed E-state index contributed by atoms with van der Waals surface area (Å²) in [6.45, 7) is 8.53. The fourth-order valence-electron chi connectivity index (χ4n) is 2.32. The minimum absolute atomic E-state index is 0.00787. The van der Waals surface area contributed by atoms with Crippen molar-refractivity contribution in [3.8, 4) is 0 Å². The van der Waals surface area contributed by atoms with Gasteiger partial charge in [0.05, 0.1) is 17.4 Å². The summed E-state index contributed by atoms with van der Waals surface area (Å²) in [6, 6.07) is 7.27. The molecule has 0 bridgehead atoms. The molecule has 0 saturated carbocycles. The SMILES string of the molecule is CCNC(c1ccc(F)c(C)c1)c1cc(C)nnc1C. The Morgan fingerprint density at radius 3 is 2.55 bits per heavy atom. The molecule has 106 valence electrons. The molecular formula is C16H20FN3. The van der Waals surface area contributed by atoms with Gasteiger partial charge in [-0.3, -0.25) is 0 Å². The summed E-state index contributed by atoms with van der Waals surface area (Å²) >= 11 is 0. The summed E-state index contributed by atoms with van der Waals surface area (Å²) < 4.78 is 13.5. The van der Waals surface area contributed by atoms with Crippen LogP contribution < -0.4 is 5.32 Å². The predicted molar refractivity (Wildman–Crippen MR) is 78.2 cm³/mol. The average Bonchev–Trinajstić information content (AvgIpc) is 2.42. The summed E-state index contributed by atoms with van der Waals surface area (Å²) in [5, 5.41) is 11.7. The third-order valence-corrected chi connectivity index (χ3v) is 3.37.